The molecule has 4 nitrogen and oxygen atoms in total. The molecule has 0 fully saturated rings. The van der Waals surface area contributed by atoms with E-state index in [4.69, 9.17) is 9.47 Å². The third-order valence-electron chi connectivity index (χ3n) is 3.32. The van der Waals surface area contributed by atoms with Gasteiger partial charge in [0.05, 0.1) is 14.2 Å². The lowest BCUT2D eigenvalue weighted by Gasteiger charge is -2.20. The molecule has 0 saturated carbocycles. The Labute approximate surface area is 117 Å². The van der Waals surface area contributed by atoms with Crippen LogP contribution in [0, 0.1) is 0 Å². The maximum atomic E-state index is 12.4. The minimum atomic E-state index is -0.296. The molecule has 1 aliphatic rings. The highest BCUT2D eigenvalue weighted by atomic mass is 16.5. The van der Waals surface area contributed by atoms with E-state index in [1.807, 2.05) is 30.3 Å². The average Bonchev–Trinajstić information content (AvgIpc) is 2.48. The van der Waals surface area contributed by atoms with Gasteiger partial charge in [0.2, 0.25) is 23.1 Å². The first-order valence-corrected chi connectivity index (χ1v) is 6.25. The lowest BCUT2D eigenvalue weighted by molar-refractivity contribution is -0.121. The van der Waals surface area contributed by atoms with Gasteiger partial charge in [-0.25, -0.2) is 0 Å². The smallest absolute Gasteiger partial charge is 0.228 e. The molecule has 0 aromatic heterocycles. The molecule has 0 bridgehead atoms. The lowest BCUT2D eigenvalue weighted by atomic mass is 9.89. The van der Waals surface area contributed by atoms with Crippen molar-refractivity contribution in [3.8, 4) is 0 Å². The Kier molecular flexibility index (Phi) is 4.03. The maximum absolute atomic E-state index is 12.4. The molecular weight excluding hydrogens is 256 g/mol. The molecule has 2 rings (SSSR count). The molecule has 0 unspecified atom stereocenters. The number of ketones is 2. The predicted molar refractivity (Wildman–Crippen MR) is 73.9 cm³/mol. The molecule has 0 amide bonds. The van der Waals surface area contributed by atoms with Crippen LogP contribution in [0.5, 0.6) is 0 Å². The summed E-state index contributed by atoms with van der Waals surface area (Å²) in [5.74, 6) is -0.624. The van der Waals surface area contributed by atoms with E-state index < -0.39 is 0 Å². The van der Waals surface area contributed by atoms with Gasteiger partial charge in [-0.05, 0) is 12.5 Å². The summed E-state index contributed by atoms with van der Waals surface area (Å²) in [4.78, 5) is 24.6. The molecule has 0 radical (unpaired) electrons. The van der Waals surface area contributed by atoms with E-state index in [1.54, 1.807) is 6.92 Å². The number of Topliss-reactive ketones (excluding diaryl/α,β-unsaturated/α-hetero) is 2. The van der Waals surface area contributed by atoms with E-state index in [0.29, 0.717) is 17.6 Å². The third-order valence-corrected chi connectivity index (χ3v) is 3.32. The van der Waals surface area contributed by atoms with Crippen molar-refractivity contribution in [2.24, 2.45) is 0 Å². The molecule has 0 spiro atoms. The quantitative estimate of drug-likeness (QED) is 0.788. The zero-order valence-corrected chi connectivity index (χ0v) is 11.7. The van der Waals surface area contributed by atoms with Gasteiger partial charge in [0.15, 0.2) is 0 Å². The van der Waals surface area contributed by atoms with Gasteiger partial charge in [0.1, 0.15) is 0 Å². The summed E-state index contributed by atoms with van der Waals surface area (Å²) in [6, 6.07) is 9.53. The van der Waals surface area contributed by atoms with E-state index in [9.17, 15) is 9.59 Å². The average molecular weight is 272 g/mol. The fourth-order valence-electron chi connectivity index (χ4n) is 2.20. The monoisotopic (exact) mass is 272 g/mol. The van der Waals surface area contributed by atoms with Crippen molar-refractivity contribution < 1.29 is 19.1 Å². The van der Waals surface area contributed by atoms with Crippen molar-refractivity contribution in [2.75, 3.05) is 14.2 Å². The Bertz CT molecular complexity index is 609. The normalized spacial score (nSPS) is 15.8. The number of hydrogen-bond acceptors (Lipinski definition) is 4. The molecule has 1 aliphatic carbocycles. The second-order valence-corrected chi connectivity index (χ2v) is 4.49. The van der Waals surface area contributed by atoms with Crippen LogP contribution in [-0.4, -0.2) is 25.8 Å². The highest BCUT2D eigenvalue weighted by molar-refractivity contribution is 6.23. The number of rotatable bonds is 4. The molecule has 0 N–H and O–H groups in total. The van der Waals surface area contributed by atoms with E-state index in [0.717, 1.165) is 5.56 Å². The summed E-state index contributed by atoms with van der Waals surface area (Å²) in [5, 5.41) is 0. The summed E-state index contributed by atoms with van der Waals surface area (Å²) >= 11 is 0. The predicted octanol–water partition coefficient (Wildman–Crippen LogP) is 2.20. The number of hydrogen-bond donors (Lipinski definition) is 0. The fourth-order valence-corrected chi connectivity index (χ4v) is 2.20. The summed E-state index contributed by atoms with van der Waals surface area (Å²) in [7, 11) is 2.72. The maximum Gasteiger partial charge on any atom is 0.228 e. The summed E-state index contributed by atoms with van der Waals surface area (Å²) in [6.07, 6.45) is 0.404. The van der Waals surface area contributed by atoms with E-state index in [1.165, 1.54) is 14.2 Å². The van der Waals surface area contributed by atoms with Gasteiger partial charge in [0.25, 0.3) is 0 Å². The minimum Gasteiger partial charge on any atom is -0.489 e. The van der Waals surface area contributed by atoms with Crippen LogP contribution in [0.25, 0.3) is 0 Å². The van der Waals surface area contributed by atoms with Gasteiger partial charge in [-0.3, -0.25) is 9.59 Å². The van der Waals surface area contributed by atoms with Crippen LogP contribution in [0.1, 0.15) is 12.5 Å². The van der Waals surface area contributed by atoms with Crippen molar-refractivity contribution in [2.45, 2.75) is 13.3 Å². The van der Waals surface area contributed by atoms with Crippen LogP contribution in [0.3, 0.4) is 0 Å². The minimum absolute atomic E-state index is 0.0194. The van der Waals surface area contributed by atoms with Gasteiger partial charge < -0.3 is 9.47 Å². The SMILES string of the molecule is COC1=C(OC)C(=O)C(Cc2ccccc2)=C(C)C1=O. The van der Waals surface area contributed by atoms with Gasteiger partial charge in [0, 0.05) is 17.6 Å². The standard InChI is InChI=1S/C16H16O4/c1-10-12(9-11-7-5-4-6-8-11)14(18)16(20-3)15(19-2)13(10)17/h4-8H,9H2,1-3H3. The molecule has 20 heavy (non-hydrogen) atoms. The number of methoxy groups -OCH3 is 2. The van der Waals surface area contributed by atoms with Crippen molar-refractivity contribution in [1.82, 2.24) is 0 Å². The van der Waals surface area contributed by atoms with Crippen LogP contribution in [-0.2, 0) is 25.5 Å². The first-order valence-electron chi connectivity index (χ1n) is 6.25. The largest absolute Gasteiger partial charge is 0.489 e. The number of allylic oxidation sites excluding steroid dienone is 2. The molecule has 104 valence electrons. The zero-order chi connectivity index (χ0) is 14.7. The second kappa shape index (κ2) is 5.74. The number of ether oxygens (including phenoxy) is 2. The van der Waals surface area contributed by atoms with Crippen LogP contribution < -0.4 is 0 Å². The molecule has 4 heteroatoms. The van der Waals surface area contributed by atoms with Crippen molar-refractivity contribution in [1.29, 1.82) is 0 Å². The topological polar surface area (TPSA) is 52.6 Å². The number of benzene rings is 1. The van der Waals surface area contributed by atoms with Crippen LogP contribution in [0.2, 0.25) is 0 Å². The van der Waals surface area contributed by atoms with Gasteiger partial charge in [-0.2, -0.15) is 0 Å². The van der Waals surface area contributed by atoms with E-state index in [2.05, 4.69) is 0 Å². The highest BCUT2D eigenvalue weighted by Crippen LogP contribution is 2.27. The molecule has 0 saturated heterocycles. The van der Waals surface area contributed by atoms with Crippen molar-refractivity contribution >= 4 is 11.6 Å². The molecular formula is C16H16O4. The van der Waals surface area contributed by atoms with Gasteiger partial charge in [-0.1, -0.05) is 30.3 Å². The van der Waals surface area contributed by atoms with Crippen LogP contribution >= 0.6 is 0 Å². The Morgan fingerprint density at radius 2 is 1.45 bits per heavy atom. The molecule has 1 aromatic carbocycles. The summed E-state index contributed by atoms with van der Waals surface area (Å²) in [6.45, 7) is 1.64. The highest BCUT2D eigenvalue weighted by Gasteiger charge is 2.34. The number of carbonyl (C=O) groups is 2. The lowest BCUT2D eigenvalue weighted by Crippen LogP contribution is -2.25. The molecule has 0 heterocycles. The Balaban J connectivity index is 2.41. The molecule has 1 aromatic rings. The number of carbonyl (C=O) groups excluding carboxylic acids is 2. The van der Waals surface area contributed by atoms with Crippen molar-refractivity contribution in [3.05, 3.63) is 58.6 Å². The van der Waals surface area contributed by atoms with Crippen molar-refractivity contribution in [3.63, 3.8) is 0 Å². The first kappa shape index (κ1) is 14.1. The summed E-state index contributed by atoms with van der Waals surface area (Å²) < 4.78 is 10.0. The van der Waals surface area contributed by atoms with E-state index in [-0.39, 0.29) is 23.1 Å². The van der Waals surface area contributed by atoms with Crippen LogP contribution in [0.15, 0.2) is 53.0 Å². The third kappa shape index (κ3) is 2.37. The fraction of sp³-hybridized carbons (Fsp3) is 0.250. The van der Waals surface area contributed by atoms with E-state index >= 15 is 0 Å². The van der Waals surface area contributed by atoms with Crippen LogP contribution in [0.4, 0.5) is 0 Å². The Morgan fingerprint density at radius 3 is 2.00 bits per heavy atom. The Hall–Kier alpha value is -2.36. The summed E-state index contributed by atoms with van der Waals surface area (Å²) in [5.41, 5.74) is 1.84. The first-order chi connectivity index (χ1) is 9.60. The van der Waals surface area contributed by atoms with Gasteiger partial charge >= 0.3 is 0 Å². The van der Waals surface area contributed by atoms with Gasteiger partial charge in [-0.15, -0.1) is 0 Å². The Morgan fingerprint density at radius 1 is 0.900 bits per heavy atom. The second-order valence-electron chi connectivity index (χ2n) is 4.49. The molecule has 0 aliphatic heterocycles. The zero-order valence-electron chi connectivity index (χ0n) is 11.7. The molecule has 0 atom stereocenters.